The Labute approximate surface area is 114 Å². The summed E-state index contributed by atoms with van der Waals surface area (Å²) >= 11 is 1.96. The lowest BCUT2D eigenvalue weighted by molar-refractivity contribution is 0.417. The van der Waals surface area contributed by atoms with Gasteiger partial charge in [-0.3, -0.25) is 16.3 Å². The van der Waals surface area contributed by atoms with E-state index < -0.39 is 0 Å². The summed E-state index contributed by atoms with van der Waals surface area (Å²) in [6.45, 7) is 4.45. The van der Waals surface area contributed by atoms with E-state index in [1.807, 2.05) is 24.0 Å². The average molecular weight is 265 g/mol. The molecule has 0 aromatic carbocycles. The average Bonchev–Trinajstić information content (AvgIpc) is 2.39. The van der Waals surface area contributed by atoms with Gasteiger partial charge in [-0.1, -0.05) is 19.9 Å². The normalized spacial score (nSPS) is 20.8. The molecule has 1 heterocycles. The highest BCUT2D eigenvalue weighted by Crippen LogP contribution is 2.33. The number of hydrazine groups is 1. The maximum atomic E-state index is 5.76. The minimum absolute atomic E-state index is 0.325. The van der Waals surface area contributed by atoms with Crippen LogP contribution in [-0.2, 0) is 6.42 Å². The van der Waals surface area contributed by atoms with Crippen LogP contribution in [0, 0.1) is 0 Å². The first-order valence-corrected chi connectivity index (χ1v) is 7.78. The van der Waals surface area contributed by atoms with E-state index in [0.717, 1.165) is 12.2 Å². The Morgan fingerprint density at radius 2 is 2.39 bits per heavy atom. The van der Waals surface area contributed by atoms with Crippen molar-refractivity contribution in [1.29, 1.82) is 0 Å². The van der Waals surface area contributed by atoms with Crippen LogP contribution in [0.4, 0.5) is 0 Å². The quantitative estimate of drug-likeness (QED) is 0.634. The second kappa shape index (κ2) is 6.55. The van der Waals surface area contributed by atoms with Crippen LogP contribution in [0.5, 0.6) is 0 Å². The molecule has 0 radical (unpaired) electrons. The Bertz CT molecular complexity index is 381. The molecule has 1 aromatic rings. The number of pyridine rings is 1. The Morgan fingerprint density at radius 3 is 3.11 bits per heavy atom. The molecule has 100 valence electrons. The van der Waals surface area contributed by atoms with E-state index in [0.29, 0.717) is 17.2 Å². The fourth-order valence-electron chi connectivity index (χ4n) is 2.61. The second-order valence-electron chi connectivity index (χ2n) is 5.20. The molecule has 0 amide bonds. The van der Waals surface area contributed by atoms with Gasteiger partial charge in [0.2, 0.25) is 0 Å². The first-order valence-electron chi connectivity index (χ1n) is 6.74. The highest BCUT2D eigenvalue weighted by molar-refractivity contribution is 7.99. The predicted molar refractivity (Wildman–Crippen MR) is 78.6 cm³/mol. The van der Waals surface area contributed by atoms with E-state index in [2.05, 4.69) is 30.3 Å². The molecule has 2 unspecified atom stereocenters. The third-order valence-corrected chi connectivity index (χ3v) is 4.77. The van der Waals surface area contributed by atoms with E-state index in [1.54, 1.807) is 0 Å². The fourth-order valence-corrected chi connectivity index (χ4v) is 3.53. The minimum atomic E-state index is 0.325. The van der Waals surface area contributed by atoms with Gasteiger partial charge < -0.3 is 0 Å². The van der Waals surface area contributed by atoms with Crippen LogP contribution in [-0.4, -0.2) is 22.0 Å². The van der Waals surface area contributed by atoms with Gasteiger partial charge >= 0.3 is 0 Å². The maximum absolute atomic E-state index is 5.76. The number of aryl methyl sites for hydroxylation is 1. The van der Waals surface area contributed by atoms with Crippen molar-refractivity contribution in [2.24, 2.45) is 5.84 Å². The van der Waals surface area contributed by atoms with Gasteiger partial charge in [-0.15, -0.1) is 0 Å². The molecule has 3 N–H and O–H groups in total. The Morgan fingerprint density at radius 1 is 1.56 bits per heavy atom. The number of aromatic nitrogens is 1. The largest absolute Gasteiger partial charge is 0.271 e. The summed E-state index contributed by atoms with van der Waals surface area (Å²) in [4.78, 5) is 4.59. The molecule has 1 aliphatic carbocycles. The van der Waals surface area contributed by atoms with Crippen molar-refractivity contribution in [2.45, 2.75) is 50.3 Å². The monoisotopic (exact) mass is 265 g/mol. The summed E-state index contributed by atoms with van der Waals surface area (Å²) in [6.07, 6.45) is 5.50. The lowest BCUT2D eigenvalue weighted by Crippen LogP contribution is -2.43. The second-order valence-corrected chi connectivity index (χ2v) is 6.81. The van der Waals surface area contributed by atoms with Crippen LogP contribution < -0.4 is 11.3 Å². The van der Waals surface area contributed by atoms with Crippen molar-refractivity contribution in [3.05, 3.63) is 29.6 Å². The van der Waals surface area contributed by atoms with Crippen molar-refractivity contribution in [3.63, 3.8) is 0 Å². The van der Waals surface area contributed by atoms with Crippen LogP contribution in [0.1, 0.15) is 43.9 Å². The van der Waals surface area contributed by atoms with Crippen LogP contribution in [0.15, 0.2) is 18.3 Å². The van der Waals surface area contributed by atoms with Crippen LogP contribution in [0.2, 0.25) is 0 Å². The molecule has 3 nitrogen and oxygen atoms in total. The van der Waals surface area contributed by atoms with Gasteiger partial charge in [0.15, 0.2) is 0 Å². The molecule has 2 atom stereocenters. The molecule has 0 saturated heterocycles. The zero-order chi connectivity index (χ0) is 13.0. The summed E-state index contributed by atoms with van der Waals surface area (Å²) in [5.74, 6) is 7.27. The van der Waals surface area contributed by atoms with Crippen LogP contribution in [0.3, 0.4) is 0 Å². The zero-order valence-electron chi connectivity index (χ0n) is 11.2. The molecule has 0 aliphatic heterocycles. The molecule has 0 spiro atoms. The van der Waals surface area contributed by atoms with Crippen molar-refractivity contribution in [3.8, 4) is 0 Å². The minimum Gasteiger partial charge on any atom is -0.271 e. The molecule has 4 heteroatoms. The van der Waals surface area contributed by atoms with Gasteiger partial charge in [0.05, 0.1) is 0 Å². The number of fused-ring (bicyclic) bond motifs is 1. The molecule has 18 heavy (non-hydrogen) atoms. The summed E-state index contributed by atoms with van der Waals surface area (Å²) in [5, 5.41) is 0.646. The van der Waals surface area contributed by atoms with Crippen LogP contribution in [0.25, 0.3) is 0 Å². The van der Waals surface area contributed by atoms with Crippen molar-refractivity contribution in [1.82, 2.24) is 10.4 Å². The lowest BCUT2D eigenvalue weighted by atomic mass is 9.83. The number of thioether (sulfide) groups is 1. The van der Waals surface area contributed by atoms with Crippen molar-refractivity contribution < 1.29 is 0 Å². The van der Waals surface area contributed by atoms with E-state index in [9.17, 15) is 0 Å². The lowest BCUT2D eigenvalue weighted by Gasteiger charge is -2.31. The molecular formula is C14H23N3S. The smallest absolute Gasteiger partial charge is 0.0482 e. The SMILES string of the molecule is CC(C)SCC(NN)C1CCCc2cccnc21. The number of nitrogens with two attached hydrogens (primary N) is 1. The summed E-state index contributed by atoms with van der Waals surface area (Å²) in [7, 11) is 0. The molecule has 0 saturated carbocycles. The third kappa shape index (κ3) is 3.25. The Hall–Kier alpha value is -0.580. The first-order chi connectivity index (χ1) is 8.72. The van der Waals surface area contributed by atoms with Crippen LogP contribution >= 0.6 is 11.8 Å². The molecule has 2 rings (SSSR count). The highest BCUT2D eigenvalue weighted by atomic mass is 32.2. The Balaban J connectivity index is 2.12. The van der Waals surface area contributed by atoms with E-state index in [1.165, 1.54) is 24.1 Å². The molecule has 1 aliphatic rings. The number of hydrogen-bond donors (Lipinski definition) is 2. The van der Waals surface area contributed by atoms with Gasteiger partial charge in [-0.05, 0) is 36.1 Å². The van der Waals surface area contributed by atoms with Gasteiger partial charge in [-0.25, -0.2) is 0 Å². The molecule has 0 fully saturated rings. The molecular weight excluding hydrogens is 242 g/mol. The van der Waals surface area contributed by atoms with Crippen molar-refractivity contribution >= 4 is 11.8 Å². The molecule has 1 aromatic heterocycles. The van der Waals surface area contributed by atoms with E-state index >= 15 is 0 Å². The number of rotatable bonds is 5. The predicted octanol–water partition coefficient (Wildman–Crippen LogP) is 2.48. The number of nitrogens with one attached hydrogen (secondary N) is 1. The van der Waals surface area contributed by atoms with Gasteiger partial charge in [0.25, 0.3) is 0 Å². The molecule has 0 bridgehead atoms. The van der Waals surface area contributed by atoms with Crippen molar-refractivity contribution in [2.75, 3.05) is 5.75 Å². The maximum Gasteiger partial charge on any atom is 0.0482 e. The summed E-state index contributed by atoms with van der Waals surface area (Å²) in [6, 6.07) is 4.57. The highest BCUT2D eigenvalue weighted by Gasteiger charge is 2.28. The van der Waals surface area contributed by atoms with Gasteiger partial charge in [-0.2, -0.15) is 11.8 Å². The van der Waals surface area contributed by atoms with E-state index in [4.69, 9.17) is 5.84 Å². The topological polar surface area (TPSA) is 50.9 Å². The van der Waals surface area contributed by atoms with Gasteiger partial charge in [0, 0.05) is 29.6 Å². The number of nitrogens with zero attached hydrogens (tertiary/aromatic N) is 1. The van der Waals surface area contributed by atoms with Gasteiger partial charge in [0.1, 0.15) is 0 Å². The standard InChI is InChI=1S/C14H23N3S/c1-10(2)18-9-13(17-15)12-7-3-5-11-6-4-8-16-14(11)12/h4,6,8,10,12-13,17H,3,5,7,9,15H2,1-2H3. The summed E-state index contributed by atoms with van der Waals surface area (Å²) in [5.41, 5.74) is 5.67. The summed E-state index contributed by atoms with van der Waals surface area (Å²) < 4.78 is 0. The number of hydrogen-bond acceptors (Lipinski definition) is 4. The van der Waals surface area contributed by atoms with E-state index in [-0.39, 0.29) is 0 Å². The third-order valence-electron chi connectivity index (χ3n) is 3.55. The zero-order valence-corrected chi connectivity index (χ0v) is 12.0. The first kappa shape index (κ1) is 13.8. The Kier molecular flexibility index (Phi) is 5.03. The fraction of sp³-hybridized carbons (Fsp3) is 0.643.